The van der Waals surface area contributed by atoms with Gasteiger partial charge in [0.2, 0.25) is 0 Å². The maximum absolute atomic E-state index is 11.4. The standard InChI is InChI=1S/C4H4F2/c5-4(6)2-1-3-4/h2-3H,1H2. The summed E-state index contributed by atoms with van der Waals surface area (Å²) in [5, 5.41) is 0. The zero-order valence-corrected chi connectivity index (χ0v) is 3.12. The Morgan fingerprint density at radius 2 is 1.67 bits per heavy atom. The van der Waals surface area contributed by atoms with Gasteiger partial charge in [-0.1, -0.05) is 0 Å². The molecule has 0 aliphatic heterocycles. The van der Waals surface area contributed by atoms with Crippen molar-refractivity contribution in [1.82, 2.24) is 0 Å². The third-order valence-electron chi connectivity index (χ3n) is 0.780. The van der Waals surface area contributed by atoms with Gasteiger partial charge in [0.1, 0.15) is 0 Å². The molecule has 0 bridgehead atoms. The molecule has 0 atom stereocenters. The first-order valence-corrected chi connectivity index (χ1v) is 1.77. The second kappa shape index (κ2) is 0.922. The van der Waals surface area contributed by atoms with Crippen molar-refractivity contribution < 1.29 is 8.78 Å². The van der Waals surface area contributed by atoms with Crippen LogP contribution in [0.25, 0.3) is 0 Å². The number of alkyl halides is 2. The SMILES string of the molecule is FC1(F)[CH]C[CH]1. The lowest BCUT2D eigenvalue weighted by Gasteiger charge is -2.22. The first-order chi connectivity index (χ1) is 2.71. The van der Waals surface area contributed by atoms with Crippen LogP contribution in [-0.4, -0.2) is 5.92 Å². The van der Waals surface area contributed by atoms with Gasteiger partial charge in [0.25, 0.3) is 5.92 Å². The van der Waals surface area contributed by atoms with Crippen molar-refractivity contribution in [3.05, 3.63) is 12.8 Å². The van der Waals surface area contributed by atoms with E-state index in [0.29, 0.717) is 6.42 Å². The molecule has 1 aliphatic rings. The average Bonchev–Trinajstić information content (AvgIpc) is 1.32. The van der Waals surface area contributed by atoms with E-state index in [-0.39, 0.29) is 0 Å². The fourth-order valence-electron chi connectivity index (χ4n) is 0.296. The highest BCUT2D eigenvalue weighted by molar-refractivity contribution is 5.09. The summed E-state index contributed by atoms with van der Waals surface area (Å²) in [4.78, 5) is 0. The minimum absolute atomic E-state index is 0.465. The maximum atomic E-state index is 11.4. The first kappa shape index (κ1) is 4.03. The van der Waals surface area contributed by atoms with Crippen LogP contribution in [-0.2, 0) is 0 Å². The van der Waals surface area contributed by atoms with Crippen LogP contribution >= 0.6 is 0 Å². The van der Waals surface area contributed by atoms with Crippen LogP contribution in [0.5, 0.6) is 0 Å². The third kappa shape index (κ3) is 0.511. The van der Waals surface area contributed by atoms with Crippen molar-refractivity contribution in [2.24, 2.45) is 0 Å². The largest absolute Gasteiger partial charge is 0.254 e. The van der Waals surface area contributed by atoms with Gasteiger partial charge in [-0.05, 0) is 6.42 Å². The lowest BCUT2D eigenvalue weighted by Crippen LogP contribution is -2.27. The van der Waals surface area contributed by atoms with E-state index in [1.165, 1.54) is 0 Å². The highest BCUT2D eigenvalue weighted by Gasteiger charge is 2.37. The molecule has 0 unspecified atom stereocenters. The van der Waals surface area contributed by atoms with Gasteiger partial charge in [0, 0.05) is 12.8 Å². The van der Waals surface area contributed by atoms with Crippen molar-refractivity contribution in [3.8, 4) is 0 Å². The quantitative estimate of drug-likeness (QED) is 0.422. The monoisotopic (exact) mass is 90.0 g/mol. The molecule has 0 aromatic heterocycles. The smallest absolute Gasteiger partial charge is 0.206 e. The summed E-state index contributed by atoms with van der Waals surface area (Å²) in [5.74, 6) is -2.53. The summed E-state index contributed by atoms with van der Waals surface area (Å²) in [6.07, 6.45) is 2.42. The molecule has 1 aliphatic carbocycles. The Morgan fingerprint density at radius 1 is 1.33 bits per heavy atom. The van der Waals surface area contributed by atoms with E-state index < -0.39 is 5.92 Å². The minimum atomic E-state index is -2.53. The van der Waals surface area contributed by atoms with E-state index in [2.05, 4.69) is 0 Å². The Hall–Kier alpha value is -0.140. The predicted octanol–water partition coefficient (Wildman–Crippen LogP) is 1.43. The minimum Gasteiger partial charge on any atom is -0.206 e. The number of halogens is 2. The molecule has 0 nitrogen and oxygen atoms in total. The van der Waals surface area contributed by atoms with Crippen LogP contribution < -0.4 is 0 Å². The fourth-order valence-corrected chi connectivity index (χ4v) is 0.296. The van der Waals surface area contributed by atoms with Crippen LogP contribution in [0.3, 0.4) is 0 Å². The Labute approximate surface area is 35.2 Å². The molecule has 34 valence electrons. The predicted molar refractivity (Wildman–Crippen MR) is 18.2 cm³/mol. The molecule has 1 fully saturated rings. The number of hydrogen-bond donors (Lipinski definition) is 0. The van der Waals surface area contributed by atoms with E-state index in [9.17, 15) is 8.78 Å². The molecule has 0 aromatic rings. The van der Waals surface area contributed by atoms with E-state index in [4.69, 9.17) is 0 Å². The third-order valence-corrected chi connectivity index (χ3v) is 0.780. The van der Waals surface area contributed by atoms with Crippen molar-refractivity contribution in [2.75, 3.05) is 0 Å². The molecule has 0 saturated heterocycles. The molecule has 1 saturated carbocycles. The summed E-state index contributed by atoms with van der Waals surface area (Å²) in [6.45, 7) is 0. The van der Waals surface area contributed by atoms with Crippen LogP contribution in [0.4, 0.5) is 8.78 Å². The second-order valence-electron chi connectivity index (χ2n) is 1.32. The molecular formula is C4H4F2. The number of rotatable bonds is 0. The molecule has 0 heterocycles. The van der Waals surface area contributed by atoms with Gasteiger partial charge in [-0.3, -0.25) is 0 Å². The molecule has 1 rings (SSSR count). The summed E-state index contributed by atoms with van der Waals surface area (Å²) in [6, 6.07) is 0. The van der Waals surface area contributed by atoms with Crippen LogP contribution in [0.2, 0.25) is 0 Å². The molecule has 6 heavy (non-hydrogen) atoms. The Balaban J connectivity index is 2.31. The molecule has 0 amide bonds. The van der Waals surface area contributed by atoms with Crippen LogP contribution in [0, 0.1) is 12.8 Å². The zero-order valence-electron chi connectivity index (χ0n) is 3.12. The molecule has 2 heteroatoms. The lowest BCUT2D eigenvalue weighted by molar-refractivity contribution is 0.0358. The van der Waals surface area contributed by atoms with Crippen LogP contribution in [0.15, 0.2) is 0 Å². The topological polar surface area (TPSA) is 0 Å². The van der Waals surface area contributed by atoms with Gasteiger partial charge in [-0.15, -0.1) is 0 Å². The van der Waals surface area contributed by atoms with E-state index in [1.54, 1.807) is 0 Å². The number of hydrogen-bond acceptors (Lipinski definition) is 0. The molecular weight excluding hydrogens is 86.0 g/mol. The lowest BCUT2D eigenvalue weighted by atomic mass is 9.95. The van der Waals surface area contributed by atoms with Crippen molar-refractivity contribution >= 4 is 0 Å². The van der Waals surface area contributed by atoms with Crippen molar-refractivity contribution in [2.45, 2.75) is 12.3 Å². The molecule has 0 aromatic carbocycles. The van der Waals surface area contributed by atoms with Crippen molar-refractivity contribution in [3.63, 3.8) is 0 Å². The van der Waals surface area contributed by atoms with Gasteiger partial charge in [-0.2, -0.15) is 0 Å². The first-order valence-electron chi connectivity index (χ1n) is 1.77. The van der Waals surface area contributed by atoms with Gasteiger partial charge < -0.3 is 0 Å². The van der Waals surface area contributed by atoms with E-state index in [0.717, 1.165) is 12.8 Å². The van der Waals surface area contributed by atoms with Gasteiger partial charge in [0.15, 0.2) is 0 Å². The van der Waals surface area contributed by atoms with E-state index in [1.807, 2.05) is 0 Å². The Morgan fingerprint density at radius 3 is 1.67 bits per heavy atom. The maximum Gasteiger partial charge on any atom is 0.254 e. The Bertz CT molecular complexity index is 52.6. The summed E-state index contributed by atoms with van der Waals surface area (Å²) >= 11 is 0. The van der Waals surface area contributed by atoms with E-state index >= 15 is 0 Å². The normalized spacial score (nSPS) is 29.0. The highest BCUT2D eigenvalue weighted by atomic mass is 19.3. The fraction of sp³-hybridized carbons (Fsp3) is 0.500. The summed E-state index contributed by atoms with van der Waals surface area (Å²) in [5.41, 5.74) is 0. The Kier molecular flexibility index (Phi) is 0.620. The highest BCUT2D eigenvalue weighted by Crippen LogP contribution is 2.34. The zero-order chi connectivity index (χ0) is 4.62. The average molecular weight is 90.1 g/mol. The van der Waals surface area contributed by atoms with Gasteiger partial charge in [-0.25, -0.2) is 8.78 Å². The molecule has 0 spiro atoms. The summed E-state index contributed by atoms with van der Waals surface area (Å²) in [7, 11) is 0. The van der Waals surface area contributed by atoms with Crippen LogP contribution in [0.1, 0.15) is 6.42 Å². The van der Waals surface area contributed by atoms with Gasteiger partial charge >= 0.3 is 0 Å². The molecule has 0 N–H and O–H groups in total. The second-order valence-corrected chi connectivity index (χ2v) is 1.32. The van der Waals surface area contributed by atoms with Gasteiger partial charge in [0.05, 0.1) is 0 Å². The van der Waals surface area contributed by atoms with Crippen molar-refractivity contribution in [1.29, 1.82) is 0 Å². The summed E-state index contributed by atoms with van der Waals surface area (Å²) < 4.78 is 22.9. The molecule has 2 radical (unpaired) electrons.